The number of fused-ring (bicyclic) bond motifs is 1. The molecule has 0 saturated carbocycles. The van der Waals surface area contributed by atoms with E-state index in [1.54, 1.807) is 19.2 Å². The van der Waals surface area contributed by atoms with Crippen LogP contribution >= 0.6 is 0 Å². The monoisotopic (exact) mass is 353 g/mol. The summed E-state index contributed by atoms with van der Waals surface area (Å²) in [7, 11) is 1.59. The summed E-state index contributed by atoms with van der Waals surface area (Å²) in [5, 5.41) is 10.1. The first-order chi connectivity index (χ1) is 12.6. The zero-order valence-corrected chi connectivity index (χ0v) is 14.5. The van der Waals surface area contributed by atoms with Gasteiger partial charge < -0.3 is 14.8 Å². The van der Waals surface area contributed by atoms with Gasteiger partial charge in [0.2, 0.25) is 0 Å². The average molecular weight is 353 g/mol. The van der Waals surface area contributed by atoms with Crippen LogP contribution in [0.3, 0.4) is 0 Å². The van der Waals surface area contributed by atoms with Crippen LogP contribution < -0.4 is 10.1 Å². The van der Waals surface area contributed by atoms with Gasteiger partial charge in [0.1, 0.15) is 5.75 Å². The van der Waals surface area contributed by atoms with Crippen molar-refractivity contribution < 1.29 is 19.1 Å². The first kappa shape index (κ1) is 17.5. The maximum atomic E-state index is 12.3. The summed E-state index contributed by atoms with van der Waals surface area (Å²) in [4.78, 5) is 24.4. The van der Waals surface area contributed by atoms with Gasteiger partial charge in [-0.3, -0.25) is 9.89 Å². The third-order valence-corrected chi connectivity index (χ3v) is 3.94. The van der Waals surface area contributed by atoms with Crippen molar-refractivity contribution in [1.29, 1.82) is 0 Å². The second-order valence-electron chi connectivity index (χ2n) is 5.73. The van der Waals surface area contributed by atoms with Crippen molar-refractivity contribution in [2.24, 2.45) is 0 Å². The summed E-state index contributed by atoms with van der Waals surface area (Å²) < 4.78 is 10.3. The Hall–Kier alpha value is -3.35. The lowest BCUT2D eigenvalue weighted by molar-refractivity contribution is -0.129. The fourth-order valence-electron chi connectivity index (χ4n) is 2.47. The largest absolute Gasteiger partial charge is 0.497 e. The number of rotatable bonds is 6. The average Bonchev–Trinajstić information content (AvgIpc) is 3.10. The number of hydrogen-bond donors (Lipinski definition) is 2. The van der Waals surface area contributed by atoms with Crippen LogP contribution in [0.25, 0.3) is 10.9 Å². The van der Waals surface area contributed by atoms with E-state index in [9.17, 15) is 9.59 Å². The Balaban J connectivity index is 1.57. The summed E-state index contributed by atoms with van der Waals surface area (Å²) >= 11 is 0. The quantitative estimate of drug-likeness (QED) is 0.664. The number of esters is 1. The molecule has 0 aliphatic carbocycles. The number of carbonyl (C=O) groups excluding carboxylic acids is 2. The Kier molecular flexibility index (Phi) is 5.17. The number of hydrogen-bond acceptors (Lipinski definition) is 5. The molecule has 0 unspecified atom stereocenters. The van der Waals surface area contributed by atoms with Crippen molar-refractivity contribution in [2.75, 3.05) is 7.11 Å². The Morgan fingerprint density at radius 1 is 1.15 bits per heavy atom. The number of para-hydroxylation sites is 1. The van der Waals surface area contributed by atoms with Crippen molar-refractivity contribution in [3.63, 3.8) is 0 Å². The molecule has 3 aromatic rings. The molecule has 0 aliphatic rings. The molecule has 7 heteroatoms. The van der Waals surface area contributed by atoms with E-state index in [1.807, 2.05) is 36.4 Å². The molecule has 1 atom stereocenters. The number of benzene rings is 2. The highest BCUT2D eigenvalue weighted by molar-refractivity contribution is 6.02. The van der Waals surface area contributed by atoms with Crippen molar-refractivity contribution >= 4 is 22.8 Å². The van der Waals surface area contributed by atoms with Crippen LogP contribution in [-0.2, 0) is 16.1 Å². The Labute approximate surface area is 150 Å². The molecule has 2 aromatic carbocycles. The van der Waals surface area contributed by atoms with E-state index >= 15 is 0 Å². The summed E-state index contributed by atoms with van der Waals surface area (Å²) in [6.45, 7) is 1.85. The summed E-state index contributed by atoms with van der Waals surface area (Å²) in [6, 6.07) is 14.6. The molecule has 3 rings (SSSR count). The topological polar surface area (TPSA) is 93.3 Å². The number of H-pyrrole nitrogens is 1. The first-order valence-electron chi connectivity index (χ1n) is 8.13. The van der Waals surface area contributed by atoms with Gasteiger partial charge in [-0.05, 0) is 30.7 Å². The lowest BCUT2D eigenvalue weighted by atomic mass is 10.2. The number of aromatic nitrogens is 2. The molecular formula is C19H19N3O4. The normalized spacial score (nSPS) is 11.8. The third kappa shape index (κ3) is 3.83. The molecule has 134 valence electrons. The molecule has 0 saturated heterocycles. The summed E-state index contributed by atoms with van der Waals surface area (Å²) in [5.41, 5.74) is 1.81. The van der Waals surface area contributed by atoms with E-state index in [4.69, 9.17) is 9.47 Å². The lowest BCUT2D eigenvalue weighted by Crippen LogP contribution is -2.35. The summed E-state index contributed by atoms with van der Waals surface area (Å²) in [5.74, 6) is -0.280. The standard InChI is InChI=1S/C19H19N3O4/c1-12(18(23)20-11-13-7-9-14(25-2)10-8-13)26-19(24)17-15-5-3-4-6-16(15)21-22-17/h3-10,12H,11H2,1-2H3,(H,20,23)(H,21,22)/t12-/m0/s1. The van der Waals surface area contributed by atoms with Gasteiger partial charge in [-0.25, -0.2) is 4.79 Å². The van der Waals surface area contributed by atoms with Crippen LogP contribution in [0.2, 0.25) is 0 Å². The Morgan fingerprint density at radius 2 is 1.88 bits per heavy atom. The molecule has 0 aliphatic heterocycles. The molecule has 0 spiro atoms. The van der Waals surface area contributed by atoms with E-state index < -0.39 is 12.1 Å². The number of ether oxygens (including phenoxy) is 2. The van der Waals surface area contributed by atoms with E-state index in [2.05, 4.69) is 15.5 Å². The minimum absolute atomic E-state index is 0.162. The SMILES string of the molecule is COc1ccc(CNC(=O)[C@H](C)OC(=O)c2n[nH]c3ccccc23)cc1. The molecule has 2 N–H and O–H groups in total. The summed E-state index contributed by atoms with van der Waals surface area (Å²) in [6.07, 6.45) is -0.934. The molecule has 1 amide bonds. The fourth-order valence-corrected chi connectivity index (χ4v) is 2.47. The number of methoxy groups -OCH3 is 1. The van der Waals surface area contributed by atoms with Gasteiger partial charge >= 0.3 is 5.97 Å². The molecule has 1 aromatic heterocycles. The van der Waals surface area contributed by atoms with Crippen LogP contribution in [-0.4, -0.2) is 35.3 Å². The number of amides is 1. The van der Waals surface area contributed by atoms with E-state index in [-0.39, 0.29) is 11.6 Å². The third-order valence-electron chi connectivity index (χ3n) is 3.94. The molecule has 0 radical (unpaired) electrons. The van der Waals surface area contributed by atoms with Crippen LogP contribution in [0.4, 0.5) is 0 Å². The Bertz CT molecular complexity index is 918. The number of carbonyl (C=O) groups is 2. The van der Waals surface area contributed by atoms with Gasteiger partial charge in [-0.2, -0.15) is 5.10 Å². The predicted molar refractivity (Wildman–Crippen MR) is 95.8 cm³/mol. The maximum absolute atomic E-state index is 12.3. The number of nitrogens with one attached hydrogen (secondary N) is 2. The minimum Gasteiger partial charge on any atom is -0.497 e. The molecule has 1 heterocycles. The van der Waals surface area contributed by atoms with Gasteiger partial charge in [0.25, 0.3) is 5.91 Å². The van der Waals surface area contributed by atoms with E-state index in [1.165, 1.54) is 6.92 Å². The second-order valence-corrected chi connectivity index (χ2v) is 5.73. The van der Waals surface area contributed by atoms with Crippen LogP contribution in [0.15, 0.2) is 48.5 Å². The molecular weight excluding hydrogens is 334 g/mol. The van der Waals surface area contributed by atoms with Crippen molar-refractivity contribution in [3.8, 4) is 5.75 Å². The number of nitrogens with zero attached hydrogens (tertiary/aromatic N) is 1. The van der Waals surface area contributed by atoms with Gasteiger partial charge in [-0.15, -0.1) is 0 Å². The smallest absolute Gasteiger partial charge is 0.360 e. The maximum Gasteiger partial charge on any atom is 0.360 e. The van der Waals surface area contributed by atoms with Crippen LogP contribution in [0, 0.1) is 0 Å². The van der Waals surface area contributed by atoms with E-state index in [0.717, 1.165) is 16.8 Å². The van der Waals surface area contributed by atoms with E-state index in [0.29, 0.717) is 11.9 Å². The second kappa shape index (κ2) is 7.69. The van der Waals surface area contributed by atoms with Crippen molar-refractivity contribution in [3.05, 3.63) is 59.8 Å². The fraction of sp³-hybridized carbons (Fsp3) is 0.211. The van der Waals surface area contributed by atoms with Crippen LogP contribution in [0.1, 0.15) is 23.0 Å². The number of aromatic amines is 1. The minimum atomic E-state index is -0.934. The van der Waals surface area contributed by atoms with Gasteiger partial charge in [0, 0.05) is 11.9 Å². The van der Waals surface area contributed by atoms with Crippen LogP contribution in [0.5, 0.6) is 5.75 Å². The highest BCUT2D eigenvalue weighted by Gasteiger charge is 2.22. The first-order valence-corrected chi connectivity index (χ1v) is 8.13. The molecule has 0 fully saturated rings. The highest BCUT2D eigenvalue weighted by atomic mass is 16.5. The van der Waals surface area contributed by atoms with Gasteiger partial charge in [0.05, 0.1) is 12.6 Å². The zero-order valence-electron chi connectivity index (χ0n) is 14.5. The predicted octanol–water partition coefficient (Wildman–Crippen LogP) is 2.43. The molecule has 26 heavy (non-hydrogen) atoms. The lowest BCUT2D eigenvalue weighted by Gasteiger charge is -2.13. The van der Waals surface area contributed by atoms with Gasteiger partial charge in [0.15, 0.2) is 11.8 Å². The van der Waals surface area contributed by atoms with Crippen molar-refractivity contribution in [1.82, 2.24) is 15.5 Å². The Morgan fingerprint density at radius 3 is 2.62 bits per heavy atom. The molecule has 0 bridgehead atoms. The highest BCUT2D eigenvalue weighted by Crippen LogP contribution is 2.16. The van der Waals surface area contributed by atoms with Crippen molar-refractivity contribution in [2.45, 2.75) is 19.6 Å². The molecule has 7 nitrogen and oxygen atoms in total. The van der Waals surface area contributed by atoms with Gasteiger partial charge in [-0.1, -0.05) is 30.3 Å². The zero-order chi connectivity index (χ0) is 18.5.